The highest BCUT2D eigenvalue weighted by molar-refractivity contribution is 7.99. The fourth-order valence-corrected chi connectivity index (χ4v) is 2.98. The number of hydrogen-bond acceptors (Lipinski definition) is 3. The number of benzene rings is 1. The summed E-state index contributed by atoms with van der Waals surface area (Å²) < 4.78 is 0.180. The third-order valence-corrected chi connectivity index (χ3v) is 5.71. The fourth-order valence-electron chi connectivity index (χ4n) is 2.79. The fraction of sp³-hybridized carbons (Fsp3) is 0.632. The maximum absolute atomic E-state index is 4.75. The van der Waals surface area contributed by atoms with E-state index in [9.17, 15) is 0 Å². The molecule has 1 heterocycles. The second kappa shape index (κ2) is 9.21. The van der Waals surface area contributed by atoms with Crippen LogP contribution in [0.3, 0.4) is 0 Å². The van der Waals surface area contributed by atoms with Crippen LogP contribution in [0.5, 0.6) is 0 Å². The molecule has 1 aromatic rings. The second-order valence-electron chi connectivity index (χ2n) is 6.98. The molecule has 1 saturated heterocycles. The van der Waals surface area contributed by atoms with Gasteiger partial charge in [-0.25, -0.2) is 0 Å². The maximum Gasteiger partial charge on any atom is 0.191 e. The molecule has 0 bridgehead atoms. The van der Waals surface area contributed by atoms with Gasteiger partial charge in [-0.3, -0.25) is 4.99 Å². The zero-order chi connectivity index (χ0) is 17.4. The van der Waals surface area contributed by atoms with Gasteiger partial charge in [0.2, 0.25) is 0 Å². The van der Waals surface area contributed by atoms with E-state index < -0.39 is 0 Å². The van der Waals surface area contributed by atoms with E-state index in [1.54, 1.807) is 0 Å². The Hall–Kier alpha value is -1.36. The minimum atomic E-state index is 0.180. The van der Waals surface area contributed by atoms with Gasteiger partial charge in [-0.15, -0.1) is 0 Å². The topological polar surface area (TPSA) is 39.7 Å². The second-order valence-corrected chi connectivity index (χ2v) is 8.49. The van der Waals surface area contributed by atoms with Crippen molar-refractivity contribution in [2.75, 3.05) is 43.9 Å². The first kappa shape index (κ1) is 19.0. The van der Waals surface area contributed by atoms with Gasteiger partial charge < -0.3 is 15.5 Å². The lowest BCUT2D eigenvalue weighted by Gasteiger charge is -2.21. The van der Waals surface area contributed by atoms with Gasteiger partial charge in [0.05, 0.1) is 6.54 Å². The molecular formula is C19H32N4S. The van der Waals surface area contributed by atoms with E-state index in [0.717, 1.165) is 38.7 Å². The summed E-state index contributed by atoms with van der Waals surface area (Å²) in [6, 6.07) is 10.7. The highest BCUT2D eigenvalue weighted by Crippen LogP contribution is 2.23. The molecule has 0 aliphatic carbocycles. The summed E-state index contributed by atoms with van der Waals surface area (Å²) in [6.45, 7) is 11.5. The molecule has 1 atom stereocenters. The third-order valence-electron chi connectivity index (χ3n) is 4.48. The summed E-state index contributed by atoms with van der Waals surface area (Å²) in [4.78, 5) is 7.23. The molecule has 2 rings (SSSR count). The van der Waals surface area contributed by atoms with Crippen molar-refractivity contribution in [2.24, 2.45) is 10.9 Å². The Balaban J connectivity index is 1.83. The molecular weight excluding hydrogens is 316 g/mol. The van der Waals surface area contributed by atoms with Gasteiger partial charge in [0, 0.05) is 36.6 Å². The molecule has 4 nitrogen and oxygen atoms in total. The predicted octanol–water partition coefficient (Wildman–Crippen LogP) is 3.21. The van der Waals surface area contributed by atoms with E-state index in [2.05, 4.69) is 72.9 Å². The summed E-state index contributed by atoms with van der Waals surface area (Å²) >= 11 is 1.86. The van der Waals surface area contributed by atoms with Gasteiger partial charge in [0.1, 0.15) is 0 Å². The van der Waals surface area contributed by atoms with Crippen molar-refractivity contribution >= 4 is 23.4 Å². The zero-order valence-electron chi connectivity index (χ0n) is 15.5. The standard InChI is InChI=1S/C19H32N4S/c1-5-20-18(22-15-19(2,3)24-4)21-13-16-11-12-23(14-16)17-9-7-6-8-10-17/h6-10,16H,5,11-15H2,1-4H3,(H2,20,21,22). The third kappa shape index (κ3) is 5.93. The molecule has 1 unspecified atom stereocenters. The summed E-state index contributed by atoms with van der Waals surface area (Å²) in [5.41, 5.74) is 1.34. The molecule has 1 fully saturated rings. The van der Waals surface area contributed by atoms with Crippen molar-refractivity contribution in [3.8, 4) is 0 Å². The van der Waals surface area contributed by atoms with Crippen molar-refractivity contribution in [2.45, 2.75) is 31.9 Å². The van der Waals surface area contributed by atoms with Crippen LogP contribution in [0.4, 0.5) is 5.69 Å². The van der Waals surface area contributed by atoms with Crippen molar-refractivity contribution in [1.29, 1.82) is 0 Å². The van der Waals surface area contributed by atoms with E-state index in [1.165, 1.54) is 12.1 Å². The monoisotopic (exact) mass is 348 g/mol. The van der Waals surface area contributed by atoms with E-state index in [0.29, 0.717) is 5.92 Å². The van der Waals surface area contributed by atoms with Gasteiger partial charge in [0.25, 0.3) is 0 Å². The molecule has 1 aromatic carbocycles. The number of nitrogens with zero attached hydrogens (tertiary/aromatic N) is 2. The number of rotatable bonds is 7. The number of para-hydroxylation sites is 1. The van der Waals surface area contributed by atoms with Crippen LogP contribution in [-0.4, -0.2) is 49.7 Å². The maximum atomic E-state index is 4.75. The normalized spacial score (nSPS) is 18.8. The number of anilines is 1. The minimum absolute atomic E-state index is 0.180. The number of thioether (sulfide) groups is 1. The van der Waals surface area contributed by atoms with Gasteiger partial charge in [-0.2, -0.15) is 11.8 Å². The van der Waals surface area contributed by atoms with Crippen LogP contribution in [0.2, 0.25) is 0 Å². The first-order chi connectivity index (χ1) is 11.5. The van der Waals surface area contributed by atoms with Crippen LogP contribution in [0.15, 0.2) is 35.3 Å². The van der Waals surface area contributed by atoms with E-state index in [1.807, 2.05) is 11.8 Å². The average Bonchev–Trinajstić information content (AvgIpc) is 3.07. The van der Waals surface area contributed by atoms with Gasteiger partial charge >= 0.3 is 0 Å². The number of guanidine groups is 1. The van der Waals surface area contributed by atoms with Gasteiger partial charge in [-0.05, 0) is 51.5 Å². The highest BCUT2D eigenvalue weighted by atomic mass is 32.2. The minimum Gasteiger partial charge on any atom is -0.371 e. The van der Waals surface area contributed by atoms with Crippen LogP contribution in [-0.2, 0) is 0 Å². The smallest absolute Gasteiger partial charge is 0.191 e. The average molecular weight is 349 g/mol. The quantitative estimate of drug-likeness (QED) is 0.586. The van der Waals surface area contributed by atoms with Crippen LogP contribution in [0.25, 0.3) is 0 Å². The van der Waals surface area contributed by atoms with Crippen molar-refractivity contribution in [3.05, 3.63) is 30.3 Å². The lowest BCUT2D eigenvalue weighted by Crippen LogP contribution is -2.41. The lowest BCUT2D eigenvalue weighted by molar-refractivity contribution is 0.565. The summed E-state index contributed by atoms with van der Waals surface area (Å²) in [7, 11) is 0. The molecule has 0 amide bonds. The summed E-state index contributed by atoms with van der Waals surface area (Å²) in [5.74, 6) is 1.61. The van der Waals surface area contributed by atoms with E-state index in [4.69, 9.17) is 4.99 Å². The van der Waals surface area contributed by atoms with Crippen LogP contribution in [0.1, 0.15) is 27.2 Å². The molecule has 0 saturated carbocycles. The number of hydrogen-bond donors (Lipinski definition) is 2. The Morgan fingerprint density at radius 3 is 2.71 bits per heavy atom. The molecule has 1 aliphatic heterocycles. The summed E-state index contributed by atoms with van der Waals surface area (Å²) in [5, 5.41) is 6.90. The van der Waals surface area contributed by atoms with Crippen molar-refractivity contribution < 1.29 is 0 Å². The first-order valence-electron chi connectivity index (χ1n) is 8.91. The molecule has 0 radical (unpaired) electrons. The van der Waals surface area contributed by atoms with Crippen molar-refractivity contribution in [3.63, 3.8) is 0 Å². The Kier molecular flexibility index (Phi) is 7.28. The summed E-state index contributed by atoms with van der Waals surface area (Å²) in [6.07, 6.45) is 3.38. The Morgan fingerprint density at radius 1 is 1.29 bits per heavy atom. The van der Waals surface area contributed by atoms with E-state index in [-0.39, 0.29) is 4.75 Å². The molecule has 5 heteroatoms. The molecule has 24 heavy (non-hydrogen) atoms. The number of aliphatic imine (C=N–C) groups is 1. The first-order valence-corrected chi connectivity index (χ1v) is 10.1. The lowest BCUT2D eigenvalue weighted by atomic mass is 10.1. The van der Waals surface area contributed by atoms with Crippen LogP contribution >= 0.6 is 11.8 Å². The van der Waals surface area contributed by atoms with E-state index >= 15 is 0 Å². The molecule has 134 valence electrons. The predicted molar refractivity (Wildman–Crippen MR) is 108 cm³/mol. The number of nitrogens with one attached hydrogen (secondary N) is 2. The molecule has 0 aromatic heterocycles. The SMILES string of the molecule is CCNC(=NCC(C)(C)SC)NCC1CCN(c2ccccc2)C1. The zero-order valence-corrected chi connectivity index (χ0v) is 16.3. The Labute approximate surface area is 151 Å². The Morgan fingerprint density at radius 2 is 2.04 bits per heavy atom. The van der Waals surface area contributed by atoms with Gasteiger partial charge in [-0.1, -0.05) is 18.2 Å². The molecule has 1 aliphatic rings. The molecule has 2 N–H and O–H groups in total. The largest absolute Gasteiger partial charge is 0.371 e. The van der Waals surface area contributed by atoms with Crippen LogP contribution in [0, 0.1) is 5.92 Å². The van der Waals surface area contributed by atoms with Gasteiger partial charge in [0.15, 0.2) is 5.96 Å². The highest BCUT2D eigenvalue weighted by Gasteiger charge is 2.23. The van der Waals surface area contributed by atoms with Crippen LogP contribution < -0.4 is 15.5 Å². The Bertz CT molecular complexity index is 515. The van der Waals surface area contributed by atoms with Crippen molar-refractivity contribution in [1.82, 2.24) is 10.6 Å². The molecule has 0 spiro atoms.